The molecular weight excluding hydrogens is 332 g/mol. The summed E-state index contributed by atoms with van der Waals surface area (Å²) in [6, 6.07) is 0.289. The van der Waals surface area contributed by atoms with Crippen molar-refractivity contribution >= 4 is 22.9 Å². The molecule has 3 heterocycles. The van der Waals surface area contributed by atoms with Gasteiger partial charge in [-0.15, -0.1) is 0 Å². The van der Waals surface area contributed by atoms with Crippen molar-refractivity contribution in [1.82, 2.24) is 19.5 Å². The van der Waals surface area contributed by atoms with Crippen LogP contribution < -0.4 is 11.1 Å². The third-order valence-electron chi connectivity index (χ3n) is 4.74. The van der Waals surface area contributed by atoms with Crippen molar-refractivity contribution in [3.05, 3.63) is 6.33 Å². The van der Waals surface area contributed by atoms with E-state index in [0.29, 0.717) is 11.3 Å². The number of nitrogens with two attached hydrogens (primary N) is 1. The summed E-state index contributed by atoms with van der Waals surface area (Å²) in [4.78, 5) is 12.4. The zero-order chi connectivity index (χ0) is 18.0. The Labute approximate surface area is 142 Å². The standard InChI is InChI=1S/C14H20N6O5/c1-13(23)9(22)7(4-21)25-14(13,24)20-5-16-8-10(17-6-2-3-6)18-12(15)19-11(8)20/h5-7,9,21-24H,2-4H2,1H3,(H3,15,17,18,19)/t7-,9-,13-,14+/m1/s1. The second-order valence-corrected chi connectivity index (χ2v) is 6.68. The van der Waals surface area contributed by atoms with E-state index in [1.165, 1.54) is 13.3 Å². The van der Waals surface area contributed by atoms with Gasteiger partial charge in [0.05, 0.1) is 6.61 Å². The summed E-state index contributed by atoms with van der Waals surface area (Å²) in [7, 11) is 0. The Morgan fingerprint density at radius 3 is 2.72 bits per heavy atom. The molecule has 11 heteroatoms. The number of imidazole rings is 1. The first-order valence-electron chi connectivity index (χ1n) is 7.97. The lowest BCUT2D eigenvalue weighted by Gasteiger charge is -2.35. The first-order valence-corrected chi connectivity index (χ1v) is 7.97. The summed E-state index contributed by atoms with van der Waals surface area (Å²) < 4.78 is 6.44. The minimum atomic E-state index is -2.40. The Kier molecular flexibility index (Phi) is 3.43. The molecule has 4 rings (SSSR count). The molecule has 2 aromatic heterocycles. The van der Waals surface area contributed by atoms with Crippen LogP contribution >= 0.6 is 0 Å². The lowest BCUT2D eigenvalue weighted by molar-refractivity contribution is -0.317. The van der Waals surface area contributed by atoms with Gasteiger partial charge in [-0.3, -0.25) is 4.57 Å². The number of nitrogens with zero attached hydrogens (tertiary/aromatic N) is 4. The smallest absolute Gasteiger partial charge is 0.288 e. The molecule has 1 aliphatic carbocycles. The fourth-order valence-corrected chi connectivity index (χ4v) is 3.05. The number of aliphatic hydroxyl groups excluding tert-OH is 2. The molecular formula is C14H20N6O5. The highest BCUT2D eigenvalue weighted by Crippen LogP contribution is 2.43. The monoisotopic (exact) mass is 352 g/mol. The summed E-state index contributed by atoms with van der Waals surface area (Å²) in [5.41, 5.74) is 4.11. The van der Waals surface area contributed by atoms with Gasteiger partial charge in [-0.05, 0) is 19.8 Å². The van der Waals surface area contributed by atoms with E-state index in [9.17, 15) is 20.4 Å². The van der Waals surface area contributed by atoms with Crippen molar-refractivity contribution in [2.45, 2.75) is 49.5 Å². The van der Waals surface area contributed by atoms with Crippen LogP contribution in [0.3, 0.4) is 0 Å². The zero-order valence-electron chi connectivity index (χ0n) is 13.5. The van der Waals surface area contributed by atoms with E-state index in [-0.39, 0.29) is 17.6 Å². The molecule has 2 aromatic rings. The molecule has 0 spiro atoms. The van der Waals surface area contributed by atoms with Crippen LogP contribution in [0.15, 0.2) is 6.33 Å². The molecule has 0 amide bonds. The van der Waals surface area contributed by atoms with Crippen LogP contribution in [0.1, 0.15) is 19.8 Å². The topological polar surface area (TPSA) is 172 Å². The van der Waals surface area contributed by atoms with Gasteiger partial charge in [0.15, 0.2) is 22.6 Å². The van der Waals surface area contributed by atoms with E-state index in [4.69, 9.17) is 10.5 Å². The molecule has 0 bridgehead atoms. The number of fused-ring (bicyclic) bond motifs is 1. The van der Waals surface area contributed by atoms with E-state index in [0.717, 1.165) is 17.4 Å². The fourth-order valence-electron chi connectivity index (χ4n) is 3.05. The minimum Gasteiger partial charge on any atom is -0.394 e. The molecule has 1 aliphatic heterocycles. The van der Waals surface area contributed by atoms with Gasteiger partial charge in [-0.25, -0.2) is 4.98 Å². The molecule has 7 N–H and O–H groups in total. The number of hydrogen-bond acceptors (Lipinski definition) is 10. The van der Waals surface area contributed by atoms with Gasteiger partial charge in [0.2, 0.25) is 5.95 Å². The minimum absolute atomic E-state index is 0.0436. The SMILES string of the molecule is C[C@@]1(O)[C@H](O)[C@@H](CO)O[C@]1(O)n1cnc2c(NC3CC3)nc(N)nc21. The van der Waals surface area contributed by atoms with Gasteiger partial charge in [0.25, 0.3) is 5.91 Å². The van der Waals surface area contributed by atoms with E-state index >= 15 is 0 Å². The quantitative estimate of drug-likeness (QED) is 0.364. The summed E-state index contributed by atoms with van der Waals surface area (Å²) >= 11 is 0. The number of anilines is 2. The average molecular weight is 352 g/mol. The highest BCUT2D eigenvalue weighted by Gasteiger charge is 2.64. The normalized spacial score (nSPS) is 35.4. The van der Waals surface area contributed by atoms with Gasteiger partial charge < -0.3 is 36.2 Å². The maximum Gasteiger partial charge on any atom is 0.288 e. The fraction of sp³-hybridized carbons (Fsp3) is 0.643. The molecule has 2 fully saturated rings. The molecule has 0 unspecified atom stereocenters. The summed E-state index contributed by atoms with van der Waals surface area (Å²) in [5, 5.41) is 44.3. The van der Waals surface area contributed by atoms with Crippen molar-refractivity contribution in [2.75, 3.05) is 17.7 Å². The first kappa shape index (κ1) is 16.4. The molecule has 136 valence electrons. The molecule has 2 aliphatic rings. The third-order valence-corrected chi connectivity index (χ3v) is 4.74. The van der Waals surface area contributed by atoms with Crippen LogP contribution in [0.2, 0.25) is 0 Å². The van der Waals surface area contributed by atoms with Crippen LogP contribution in [0, 0.1) is 0 Å². The van der Waals surface area contributed by atoms with Crippen molar-refractivity contribution in [3.63, 3.8) is 0 Å². The predicted molar refractivity (Wildman–Crippen MR) is 85.2 cm³/mol. The highest BCUT2D eigenvalue weighted by atomic mass is 16.7. The molecule has 0 aromatic carbocycles. The Morgan fingerprint density at radius 2 is 2.12 bits per heavy atom. The third kappa shape index (κ3) is 2.28. The zero-order valence-corrected chi connectivity index (χ0v) is 13.5. The Hall–Kier alpha value is -2.05. The summed E-state index contributed by atoms with van der Waals surface area (Å²) in [6.45, 7) is 0.616. The van der Waals surface area contributed by atoms with Gasteiger partial charge >= 0.3 is 0 Å². The van der Waals surface area contributed by atoms with Crippen molar-refractivity contribution in [1.29, 1.82) is 0 Å². The predicted octanol–water partition coefficient (Wildman–Crippen LogP) is -1.91. The number of nitrogens with one attached hydrogen (secondary N) is 1. The van der Waals surface area contributed by atoms with Crippen LogP contribution in [-0.2, 0) is 10.6 Å². The Balaban J connectivity index is 1.85. The van der Waals surface area contributed by atoms with Crippen molar-refractivity contribution in [2.24, 2.45) is 0 Å². The van der Waals surface area contributed by atoms with E-state index in [1.807, 2.05) is 0 Å². The molecule has 25 heavy (non-hydrogen) atoms. The van der Waals surface area contributed by atoms with Crippen molar-refractivity contribution < 1.29 is 25.2 Å². The van der Waals surface area contributed by atoms with E-state index < -0.39 is 30.3 Å². The van der Waals surface area contributed by atoms with E-state index in [2.05, 4.69) is 20.3 Å². The second-order valence-electron chi connectivity index (χ2n) is 6.68. The van der Waals surface area contributed by atoms with Crippen LogP contribution in [0.25, 0.3) is 11.2 Å². The first-order chi connectivity index (χ1) is 11.8. The molecule has 1 saturated carbocycles. The summed E-state index contributed by atoms with van der Waals surface area (Å²) in [6.07, 6.45) is 0.540. The lowest BCUT2D eigenvalue weighted by atomic mass is 9.94. The number of aromatic nitrogens is 4. The largest absolute Gasteiger partial charge is 0.394 e. The maximum absolute atomic E-state index is 11.0. The number of rotatable bonds is 4. The number of ether oxygens (including phenoxy) is 1. The van der Waals surface area contributed by atoms with Crippen LogP contribution in [0.4, 0.5) is 11.8 Å². The molecule has 0 radical (unpaired) electrons. The van der Waals surface area contributed by atoms with Crippen LogP contribution in [0.5, 0.6) is 0 Å². The average Bonchev–Trinajstić information content (AvgIpc) is 3.23. The number of nitrogen functional groups attached to an aromatic ring is 1. The Morgan fingerprint density at radius 1 is 1.40 bits per heavy atom. The summed E-state index contributed by atoms with van der Waals surface area (Å²) in [5.74, 6) is -2.02. The maximum atomic E-state index is 11.0. The van der Waals surface area contributed by atoms with Gasteiger partial charge in [-0.2, -0.15) is 9.97 Å². The molecule has 1 saturated heterocycles. The molecule has 4 atom stereocenters. The number of hydrogen-bond donors (Lipinski definition) is 6. The lowest BCUT2D eigenvalue weighted by Crippen LogP contribution is -2.55. The second kappa shape index (κ2) is 5.22. The van der Waals surface area contributed by atoms with Gasteiger partial charge in [0.1, 0.15) is 18.5 Å². The van der Waals surface area contributed by atoms with Gasteiger partial charge in [-0.1, -0.05) is 0 Å². The van der Waals surface area contributed by atoms with Crippen molar-refractivity contribution in [3.8, 4) is 0 Å². The Bertz CT molecular complexity index is 821. The number of aliphatic hydroxyl groups is 4. The van der Waals surface area contributed by atoms with Gasteiger partial charge in [0, 0.05) is 6.04 Å². The highest BCUT2D eigenvalue weighted by molar-refractivity contribution is 5.84. The molecule has 11 nitrogen and oxygen atoms in total. The van der Waals surface area contributed by atoms with Crippen LogP contribution in [-0.4, -0.2) is 70.4 Å². The van der Waals surface area contributed by atoms with E-state index in [1.54, 1.807) is 0 Å².